The van der Waals surface area contributed by atoms with Gasteiger partial charge in [-0.05, 0) is 35.7 Å². The van der Waals surface area contributed by atoms with Crippen LogP contribution in [0.4, 0.5) is 11.8 Å². The van der Waals surface area contributed by atoms with E-state index in [1.54, 1.807) is 11.3 Å². The summed E-state index contributed by atoms with van der Waals surface area (Å²) in [6.45, 7) is 10.5. The minimum absolute atomic E-state index is 0.0622. The van der Waals surface area contributed by atoms with E-state index >= 15 is 0 Å². The van der Waals surface area contributed by atoms with Crippen LogP contribution in [0.15, 0.2) is 60.7 Å². The molecule has 226 valence electrons. The van der Waals surface area contributed by atoms with Crippen LogP contribution in [-0.2, 0) is 11.2 Å². The monoisotopic (exact) mass is 600 g/mol. The molecule has 0 spiro atoms. The smallest absolute Gasteiger partial charge is 0.253 e. The number of aliphatic hydroxyl groups excluding tert-OH is 1. The lowest BCUT2D eigenvalue weighted by Crippen LogP contribution is -2.49. The second-order valence-corrected chi connectivity index (χ2v) is 12.1. The number of hydrogen-bond donors (Lipinski definition) is 1. The first-order valence-electron chi connectivity index (χ1n) is 15.3. The topological polar surface area (TPSA) is 85.3 Å². The van der Waals surface area contributed by atoms with Crippen molar-refractivity contribution in [2.45, 2.75) is 13.3 Å². The Balaban J connectivity index is 1.12. The second-order valence-electron chi connectivity index (χ2n) is 11.0. The third kappa shape index (κ3) is 6.83. The fraction of sp³-hybridized carbons (Fsp3) is 0.424. The third-order valence-corrected chi connectivity index (χ3v) is 9.48. The molecule has 43 heavy (non-hydrogen) atoms. The van der Waals surface area contributed by atoms with Gasteiger partial charge >= 0.3 is 0 Å². The van der Waals surface area contributed by atoms with Crippen molar-refractivity contribution < 1.29 is 14.6 Å². The number of aliphatic hydroxyl groups is 1. The molecule has 2 fully saturated rings. The first-order valence-corrected chi connectivity index (χ1v) is 16.1. The number of piperazine rings is 2. The molecule has 2 aliphatic heterocycles. The number of amides is 1. The Kier molecular flexibility index (Phi) is 9.48. The van der Waals surface area contributed by atoms with Crippen LogP contribution in [0.1, 0.15) is 22.2 Å². The number of rotatable bonds is 10. The molecular weight excluding hydrogens is 560 g/mol. The number of aryl methyl sites for hydroxylation is 1. The minimum Gasteiger partial charge on any atom is -0.394 e. The summed E-state index contributed by atoms with van der Waals surface area (Å²) >= 11 is 1.76. The van der Waals surface area contributed by atoms with E-state index in [1.807, 2.05) is 47.4 Å². The number of anilines is 2. The predicted molar refractivity (Wildman–Crippen MR) is 173 cm³/mol. The maximum Gasteiger partial charge on any atom is 0.253 e. The maximum absolute atomic E-state index is 13.4. The van der Waals surface area contributed by atoms with Gasteiger partial charge in [0.2, 0.25) is 5.95 Å². The van der Waals surface area contributed by atoms with E-state index in [0.717, 1.165) is 90.9 Å². The molecule has 10 heteroatoms. The summed E-state index contributed by atoms with van der Waals surface area (Å²) in [5, 5.41) is 10.0. The zero-order chi connectivity index (χ0) is 29.6. The lowest BCUT2D eigenvalue weighted by atomic mass is 10.0. The number of nitrogens with zero attached hydrogens (tertiary/aromatic N) is 6. The number of carbonyl (C=O) groups is 1. The number of hydrogen-bond acceptors (Lipinski definition) is 9. The van der Waals surface area contributed by atoms with Gasteiger partial charge in [0.1, 0.15) is 10.6 Å². The van der Waals surface area contributed by atoms with E-state index < -0.39 is 0 Å². The fourth-order valence-corrected chi connectivity index (χ4v) is 6.73. The Hall–Kier alpha value is -3.57. The Morgan fingerprint density at radius 1 is 0.860 bits per heavy atom. The van der Waals surface area contributed by atoms with E-state index in [1.165, 1.54) is 4.88 Å². The molecule has 1 N–H and O–H groups in total. The molecule has 2 aliphatic rings. The fourth-order valence-electron chi connectivity index (χ4n) is 5.77. The van der Waals surface area contributed by atoms with Crippen molar-refractivity contribution in [1.29, 1.82) is 0 Å². The van der Waals surface area contributed by atoms with E-state index in [0.29, 0.717) is 26.3 Å². The number of benzene rings is 2. The number of fused-ring (bicyclic) bond motifs is 1. The van der Waals surface area contributed by atoms with Crippen molar-refractivity contribution in [2.75, 3.05) is 88.5 Å². The van der Waals surface area contributed by atoms with E-state index in [4.69, 9.17) is 19.8 Å². The third-order valence-electron chi connectivity index (χ3n) is 8.31. The highest BCUT2D eigenvalue weighted by atomic mass is 32.1. The minimum atomic E-state index is 0.0622. The average Bonchev–Trinajstić information content (AvgIpc) is 3.50. The number of carbonyl (C=O) groups excluding carboxylic acids is 1. The van der Waals surface area contributed by atoms with Crippen LogP contribution in [-0.4, -0.2) is 110 Å². The van der Waals surface area contributed by atoms with E-state index in [-0.39, 0.29) is 12.5 Å². The highest BCUT2D eigenvalue weighted by Crippen LogP contribution is 2.34. The van der Waals surface area contributed by atoms with Gasteiger partial charge in [0, 0.05) is 69.3 Å². The van der Waals surface area contributed by atoms with E-state index in [9.17, 15) is 4.79 Å². The first-order chi connectivity index (χ1) is 21.1. The predicted octanol–water partition coefficient (Wildman–Crippen LogP) is 4.01. The molecule has 4 heterocycles. The molecule has 0 saturated carbocycles. The molecule has 0 radical (unpaired) electrons. The Labute approximate surface area is 257 Å². The summed E-state index contributed by atoms with van der Waals surface area (Å²) in [5.41, 5.74) is 2.99. The summed E-state index contributed by atoms with van der Waals surface area (Å²) in [6.07, 6.45) is 0.970. The molecule has 0 aliphatic carbocycles. The SMILES string of the molecule is CCc1cc2c(N3CCN(C(=O)c4ccc(-c5ccccc5)cc4)CC3)nc(N3CCN(CCOCCO)CC3)nc2s1. The molecular formula is C33H40N6O3S. The first kappa shape index (κ1) is 29.5. The summed E-state index contributed by atoms with van der Waals surface area (Å²) in [6, 6.07) is 20.4. The van der Waals surface area contributed by atoms with Gasteiger partial charge in [-0.25, -0.2) is 4.98 Å². The summed E-state index contributed by atoms with van der Waals surface area (Å²) in [5.74, 6) is 1.85. The van der Waals surface area contributed by atoms with Gasteiger partial charge in [-0.1, -0.05) is 49.4 Å². The van der Waals surface area contributed by atoms with Crippen LogP contribution < -0.4 is 9.80 Å². The Morgan fingerprint density at radius 2 is 1.56 bits per heavy atom. The molecule has 0 bridgehead atoms. The zero-order valence-electron chi connectivity index (χ0n) is 24.8. The number of thiophene rings is 1. The molecule has 0 atom stereocenters. The van der Waals surface area contributed by atoms with Crippen LogP contribution in [0.5, 0.6) is 0 Å². The highest BCUT2D eigenvalue weighted by Gasteiger charge is 2.27. The van der Waals surface area contributed by atoms with Gasteiger partial charge in [-0.15, -0.1) is 11.3 Å². The molecule has 6 rings (SSSR count). The van der Waals surface area contributed by atoms with Crippen molar-refractivity contribution in [2.24, 2.45) is 0 Å². The van der Waals surface area contributed by atoms with Crippen LogP contribution in [0.3, 0.4) is 0 Å². The van der Waals surface area contributed by atoms with E-state index in [2.05, 4.69) is 39.8 Å². The molecule has 1 amide bonds. The standard InChI is InChI=1S/C33H40N6O3S/c1-2-28-24-29-30(34-33(35-31(29)43-28)39-14-12-36(13-15-39)20-22-42-23-21-40)37-16-18-38(19-17-37)32(41)27-10-8-26(9-11-27)25-6-4-3-5-7-25/h3-11,24,40H,2,12-23H2,1H3. The quantitative estimate of drug-likeness (QED) is 0.274. The van der Waals surface area contributed by atoms with Gasteiger partial charge in [-0.3, -0.25) is 9.69 Å². The lowest BCUT2D eigenvalue weighted by Gasteiger charge is -2.37. The van der Waals surface area contributed by atoms with Crippen LogP contribution in [0, 0.1) is 0 Å². The summed E-state index contributed by atoms with van der Waals surface area (Å²) < 4.78 is 5.45. The summed E-state index contributed by atoms with van der Waals surface area (Å²) in [7, 11) is 0. The maximum atomic E-state index is 13.4. The van der Waals surface area contributed by atoms with Crippen molar-refractivity contribution in [3.63, 3.8) is 0 Å². The Bertz CT molecular complexity index is 1500. The number of ether oxygens (including phenoxy) is 1. The second kappa shape index (κ2) is 13.8. The van der Waals surface area contributed by atoms with Crippen LogP contribution in [0.2, 0.25) is 0 Å². The highest BCUT2D eigenvalue weighted by molar-refractivity contribution is 7.18. The van der Waals surface area contributed by atoms with Gasteiger partial charge in [0.15, 0.2) is 0 Å². The van der Waals surface area contributed by atoms with Gasteiger partial charge in [0.05, 0.1) is 25.2 Å². The Morgan fingerprint density at radius 3 is 2.26 bits per heavy atom. The normalized spacial score (nSPS) is 16.3. The summed E-state index contributed by atoms with van der Waals surface area (Å²) in [4.78, 5) is 34.9. The van der Waals surface area contributed by atoms with Crippen LogP contribution in [0.25, 0.3) is 21.3 Å². The van der Waals surface area contributed by atoms with Crippen molar-refractivity contribution in [3.05, 3.63) is 71.1 Å². The molecule has 0 unspecified atom stereocenters. The molecule has 4 aromatic rings. The number of aromatic nitrogens is 2. The largest absolute Gasteiger partial charge is 0.394 e. The molecule has 9 nitrogen and oxygen atoms in total. The van der Waals surface area contributed by atoms with Crippen molar-refractivity contribution >= 4 is 39.2 Å². The average molecular weight is 601 g/mol. The van der Waals surface area contributed by atoms with Gasteiger partial charge in [-0.2, -0.15) is 4.98 Å². The van der Waals surface area contributed by atoms with Crippen molar-refractivity contribution in [1.82, 2.24) is 19.8 Å². The van der Waals surface area contributed by atoms with Crippen LogP contribution >= 0.6 is 11.3 Å². The molecule has 2 saturated heterocycles. The molecule has 2 aromatic carbocycles. The van der Waals surface area contributed by atoms with Crippen molar-refractivity contribution in [3.8, 4) is 11.1 Å². The molecule has 2 aromatic heterocycles. The van der Waals surface area contributed by atoms with Gasteiger partial charge in [0.25, 0.3) is 5.91 Å². The zero-order valence-corrected chi connectivity index (χ0v) is 25.6. The van der Waals surface area contributed by atoms with Gasteiger partial charge < -0.3 is 24.5 Å². The lowest BCUT2D eigenvalue weighted by molar-refractivity contribution is 0.0724.